The summed E-state index contributed by atoms with van der Waals surface area (Å²) in [7, 11) is -3.88. The van der Waals surface area contributed by atoms with Gasteiger partial charge in [-0.05, 0) is 5.56 Å². The Kier molecular flexibility index (Phi) is 10.3. The van der Waals surface area contributed by atoms with Crippen molar-refractivity contribution in [1.82, 2.24) is 0 Å². The summed E-state index contributed by atoms with van der Waals surface area (Å²) in [5, 5.41) is 0. The second-order valence-electron chi connectivity index (χ2n) is 2.21. The van der Waals surface area contributed by atoms with E-state index in [1.54, 1.807) is 30.3 Å². The molecule has 0 radical (unpaired) electrons. The van der Waals surface area contributed by atoms with Crippen molar-refractivity contribution in [2.45, 2.75) is 5.75 Å². The van der Waals surface area contributed by atoms with Gasteiger partial charge in [0.2, 0.25) is 0 Å². The van der Waals surface area contributed by atoms with Crippen LogP contribution in [-0.2, 0) is 15.9 Å². The molecule has 1 aromatic rings. The van der Waals surface area contributed by atoms with E-state index in [2.05, 4.69) is 0 Å². The van der Waals surface area contributed by atoms with Crippen LogP contribution in [0.4, 0.5) is 0 Å². The van der Waals surface area contributed by atoms with Gasteiger partial charge < -0.3 is 0 Å². The van der Waals surface area contributed by atoms with Crippen LogP contribution >= 0.6 is 0 Å². The van der Waals surface area contributed by atoms with Gasteiger partial charge >= 0.3 is 75.5 Å². The van der Waals surface area contributed by atoms with E-state index in [9.17, 15) is 8.42 Å². The molecular formula is C7H12Ca2O3S. The molecule has 0 aliphatic rings. The van der Waals surface area contributed by atoms with Crippen LogP contribution in [0.2, 0.25) is 0 Å². The zero-order valence-corrected chi connectivity index (χ0v) is 6.58. The van der Waals surface area contributed by atoms with E-state index in [0.29, 0.717) is 5.56 Å². The first kappa shape index (κ1) is 17.1. The Labute approximate surface area is 138 Å². The SMILES string of the molecule is O=S(=O)(O)Cc1ccccc1.[CaH2].[CaH2]. The van der Waals surface area contributed by atoms with Gasteiger partial charge in [-0.1, -0.05) is 30.3 Å². The molecule has 0 heterocycles. The van der Waals surface area contributed by atoms with Gasteiger partial charge in [-0.25, -0.2) is 0 Å². The third-order valence-corrected chi connectivity index (χ3v) is 1.89. The van der Waals surface area contributed by atoms with Crippen LogP contribution < -0.4 is 0 Å². The molecule has 0 unspecified atom stereocenters. The van der Waals surface area contributed by atoms with Crippen molar-refractivity contribution >= 4 is 85.6 Å². The summed E-state index contributed by atoms with van der Waals surface area (Å²) < 4.78 is 29.2. The topological polar surface area (TPSA) is 54.4 Å². The summed E-state index contributed by atoms with van der Waals surface area (Å²) in [5.41, 5.74) is 0.593. The number of hydrogen-bond donors (Lipinski definition) is 1. The van der Waals surface area contributed by atoms with E-state index in [4.69, 9.17) is 4.55 Å². The van der Waals surface area contributed by atoms with E-state index in [1.807, 2.05) is 0 Å². The van der Waals surface area contributed by atoms with E-state index >= 15 is 0 Å². The molecule has 0 amide bonds. The third kappa shape index (κ3) is 8.63. The van der Waals surface area contributed by atoms with Crippen LogP contribution in [0.25, 0.3) is 0 Å². The first-order valence-electron chi connectivity index (χ1n) is 3.07. The average Bonchev–Trinajstić information content (AvgIpc) is 1.85. The molecule has 13 heavy (non-hydrogen) atoms. The monoisotopic (exact) mass is 256 g/mol. The fourth-order valence-corrected chi connectivity index (χ4v) is 1.40. The predicted octanol–water partition coefficient (Wildman–Crippen LogP) is -0.758. The van der Waals surface area contributed by atoms with Gasteiger partial charge in [0.15, 0.2) is 0 Å². The van der Waals surface area contributed by atoms with Crippen molar-refractivity contribution in [3.63, 3.8) is 0 Å². The average molecular weight is 256 g/mol. The summed E-state index contributed by atoms with van der Waals surface area (Å²) in [6, 6.07) is 8.52. The zero-order chi connectivity index (χ0) is 8.32. The van der Waals surface area contributed by atoms with Crippen molar-refractivity contribution in [2.75, 3.05) is 0 Å². The molecule has 1 aromatic carbocycles. The molecule has 1 rings (SSSR count). The molecule has 6 heteroatoms. The van der Waals surface area contributed by atoms with Crippen LogP contribution in [-0.4, -0.2) is 88.4 Å². The Bertz CT molecular complexity index is 323. The third-order valence-electron chi connectivity index (χ3n) is 1.19. The van der Waals surface area contributed by atoms with Gasteiger partial charge in [-0.15, -0.1) is 0 Å². The second kappa shape index (κ2) is 7.88. The molecule has 0 atom stereocenters. The molecule has 0 aliphatic carbocycles. The molecular weight excluding hydrogens is 244 g/mol. The Morgan fingerprint density at radius 2 is 1.54 bits per heavy atom. The second-order valence-corrected chi connectivity index (χ2v) is 3.66. The molecule has 0 bridgehead atoms. The molecule has 3 nitrogen and oxygen atoms in total. The Morgan fingerprint density at radius 1 is 1.08 bits per heavy atom. The number of benzene rings is 1. The summed E-state index contributed by atoms with van der Waals surface area (Å²) in [6.07, 6.45) is 0. The van der Waals surface area contributed by atoms with E-state index in [-0.39, 0.29) is 81.2 Å². The first-order valence-corrected chi connectivity index (χ1v) is 4.68. The summed E-state index contributed by atoms with van der Waals surface area (Å²) in [6.45, 7) is 0. The molecule has 0 saturated carbocycles. The zero-order valence-electron chi connectivity index (χ0n) is 5.77. The van der Waals surface area contributed by atoms with Gasteiger partial charge in [0.05, 0.1) is 0 Å². The van der Waals surface area contributed by atoms with Gasteiger partial charge in [-0.3, -0.25) is 4.55 Å². The quantitative estimate of drug-likeness (QED) is 0.559. The standard InChI is InChI=1S/C7H8O3S.2Ca.4H/c8-11(9,10)6-7-4-2-1-3-5-7;;;;;;/h1-5H,6H2,(H,8,9,10);;;;;;. The molecule has 0 fully saturated rings. The fraction of sp³-hybridized carbons (Fsp3) is 0.143. The van der Waals surface area contributed by atoms with E-state index in [0.717, 1.165) is 0 Å². The van der Waals surface area contributed by atoms with E-state index in [1.165, 1.54) is 0 Å². The maximum atomic E-state index is 10.4. The van der Waals surface area contributed by atoms with Gasteiger partial charge in [0.1, 0.15) is 5.75 Å². The summed E-state index contributed by atoms with van der Waals surface area (Å²) >= 11 is 0. The Hall–Kier alpha value is 1.65. The minimum atomic E-state index is -3.88. The van der Waals surface area contributed by atoms with Gasteiger partial charge in [0.25, 0.3) is 10.1 Å². The Morgan fingerprint density at radius 3 is 1.92 bits per heavy atom. The van der Waals surface area contributed by atoms with Crippen molar-refractivity contribution in [3.8, 4) is 0 Å². The van der Waals surface area contributed by atoms with Gasteiger partial charge in [-0.2, -0.15) is 8.42 Å². The van der Waals surface area contributed by atoms with Crippen LogP contribution in [0.1, 0.15) is 5.56 Å². The number of rotatable bonds is 2. The maximum absolute atomic E-state index is 10.4. The first-order chi connectivity index (χ1) is 5.08. The number of hydrogen-bond acceptors (Lipinski definition) is 2. The molecule has 0 aromatic heterocycles. The van der Waals surface area contributed by atoms with Crippen LogP contribution in [0.5, 0.6) is 0 Å². The molecule has 1 N–H and O–H groups in total. The van der Waals surface area contributed by atoms with Gasteiger partial charge in [0, 0.05) is 0 Å². The predicted molar refractivity (Wildman–Crippen MR) is 58.8 cm³/mol. The molecule has 0 aliphatic heterocycles. The summed E-state index contributed by atoms with van der Waals surface area (Å²) in [5.74, 6) is -0.312. The van der Waals surface area contributed by atoms with Crippen LogP contribution in [0.3, 0.4) is 0 Å². The summed E-state index contributed by atoms with van der Waals surface area (Å²) in [4.78, 5) is 0. The van der Waals surface area contributed by atoms with Crippen molar-refractivity contribution in [1.29, 1.82) is 0 Å². The van der Waals surface area contributed by atoms with E-state index < -0.39 is 10.1 Å². The molecule has 0 spiro atoms. The van der Waals surface area contributed by atoms with Crippen molar-refractivity contribution in [3.05, 3.63) is 35.9 Å². The van der Waals surface area contributed by atoms with Crippen LogP contribution in [0, 0.1) is 0 Å². The Balaban J connectivity index is 0. The minimum absolute atomic E-state index is 0. The van der Waals surface area contributed by atoms with Crippen molar-refractivity contribution in [2.24, 2.45) is 0 Å². The normalized spacial score (nSPS) is 9.62. The van der Waals surface area contributed by atoms with Crippen LogP contribution in [0.15, 0.2) is 30.3 Å². The molecule has 0 saturated heterocycles. The van der Waals surface area contributed by atoms with Crippen molar-refractivity contribution < 1.29 is 13.0 Å². The fourth-order valence-electron chi connectivity index (χ4n) is 0.785. The molecule has 68 valence electrons.